The van der Waals surface area contributed by atoms with Gasteiger partial charge < -0.3 is 0 Å². The highest BCUT2D eigenvalue weighted by Gasteiger charge is 2.38. The highest BCUT2D eigenvalue weighted by molar-refractivity contribution is 7.89. The van der Waals surface area contributed by atoms with Crippen LogP contribution in [0.5, 0.6) is 0 Å². The third kappa shape index (κ3) is 3.24. The summed E-state index contributed by atoms with van der Waals surface area (Å²) in [5.41, 5.74) is 1.98. The Bertz CT molecular complexity index is 747. The first-order valence-electron chi connectivity index (χ1n) is 7.52. The van der Waals surface area contributed by atoms with Crippen LogP contribution in [0, 0.1) is 6.92 Å². The van der Waals surface area contributed by atoms with E-state index in [9.17, 15) is 8.42 Å². The molecule has 0 saturated heterocycles. The summed E-state index contributed by atoms with van der Waals surface area (Å²) in [6.07, 6.45) is 2.79. The predicted molar refractivity (Wildman–Crippen MR) is 88.4 cm³/mol. The minimum absolute atomic E-state index is 0.123. The number of rotatable bonds is 6. The average molecular weight is 336 g/mol. The molecule has 0 bridgehead atoms. The highest BCUT2D eigenvalue weighted by atomic mass is 32.2. The van der Waals surface area contributed by atoms with Crippen molar-refractivity contribution in [1.82, 2.24) is 9.29 Å². The molecule has 0 radical (unpaired) electrons. The van der Waals surface area contributed by atoms with Crippen LogP contribution >= 0.6 is 11.3 Å². The standard InChI is InChI=1S/C16H20N2O2S2/c1-3-13-4-8-16(9-5-13)22(19,20)18(15-6-7-15)10-14-11-21-12(2)17-14/h4-5,8-9,11,15H,3,6-7,10H2,1-2H3. The summed E-state index contributed by atoms with van der Waals surface area (Å²) in [5.74, 6) is 0. The normalized spacial score (nSPS) is 15.4. The van der Waals surface area contributed by atoms with Crippen LogP contribution < -0.4 is 0 Å². The Hall–Kier alpha value is -1.24. The lowest BCUT2D eigenvalue weighted by Gasteiger charge is -2.21. The van der Waals surface area contributed by atoms with Crippen molar-refractivity contribution in [2.24, 2.45) is 0 Å². The van der Waals surface area contributed by atoms with Crippen molar-refractivity contribution in [1.29, 1.82) is 0 Å². The van der Waals surface area contributed by atoms with Gasteiger partial charge in [-0.05, 0) is 43.9 Å². The highest BCUT2D eigenvalue weighted by Crippen LogP contribution is 2.33. The second-order valence-corrected chi connectivity index (χ2v) is 8.59. The third-order valence-corrected chi connectivity index (χ3v) is 6.61. The smallest absolute Gasteiger partial charge is 0.243 e. The molecule has 4 nitrogen and oxygen atoms in total. The molecule has 0 unspecified atom stereocenters. The van der Waals surface area contributed by atoms with Gasteiger partial charge in [0.2, 0.25) is 10.0 Å². The molecule has 1 saturated carbocycles. The molecule has 1 fully saturated rings. The van der Waals surface area contributed by atoms with Gasteiger partial charge in [0.05, 0.1) is 22.1 Å². The first-order chi connectivity index (χ1) is 10.5. The zero-order valence-electron chi connectivity index (χ0n) is 12.8. The van der Waals surface area contributed by atoms with E-state index in [-0.39, 0.29) is 6.04 Å². The van der Waals surface area contributed by atoms with E-state index in [4.69, 9.17) is 0 Å². The van der Waals surface area contributed by atoms with Gasteiger partial charge in [-0.1, -0.05) is 19.1 Å². The lowest BCUT2D eigenvalue weighted by atomic mass is 10.2. The maximum Gasteiger partial charge on any atom is 0.243 e. The summed E-state index contributed by atoms with van der Waals surface area (Å²) in [4.78, 5) is 4.79. The number of thiazole rings is 1. The van der Waals surface area contributed by atoms with E-state index in [1.165, 1.54) is 0 Å². The van der Waals surface area contributed by atoms with Crippen molar-refractivity contribution in [3.05, 3.63) is 45.9 Å². The fourth-order valence-corrected chi connectivity index (χ4v) is 4.71. The van der Waals surface area contributed by atoms with Crippen molar-refractivity contribution in [3.63, 3.8) is 0 Å². The van der Waals surface area contributed by atoms with E-state index >= 15 is 0 Å². The molecule has 1 aromatic heterocycles. The molecule has 0 spiro atoms. The zero-order valence-corrected chi connectivity index (χ0v) is 14.5. The first-order valence-corrected chi connectivity index (χ1v) is 9.84. The predicted octanol–water partition coefficient (Wildman–Crippen LogP) is 3.37. The zero-order chi connectivity index (χ0) is 15.7. The average Bonchev–Trinajstić information content (AvgIpc) is 3.27. The van der Waals surface area contributed by atoms with Gasteiger partial charge in [-0.25, -0.2) is 13.4 Å². The van der Waals surface area contributed by atoms with Crippen LogP contribution in [0.1, 0.15) is 36.0 Å². The number of benzene rings is 1. The van der Waals surface area contributed by atoms with Gasteiger partial charge in [-0.3, -0.25) is 0 Å². The Morgan fingerprint density at radius 2 is 1.95 bits per heavy atom. The Morgan fingerprint density at radius 3 is 2.45 bits per heavy atom. The van der Waals surface area contributed by atoms with Gasteiger partial charge in [0.1, 0.15) is 0 Å². The number of hydrogen-bond acceptors (Lipinski definition) is 4. The maximum atomic E-state index is 12.9. The maximum absolute atomic E-state index is 12.9. The minimum atomic E-state index is -3.45. The molecule has 22 heavy (non-hydrogen) atoms. The van der Waals surface area contributed by atoms with Crippen molar-refractivity contribution < 1.29 is 8.42 Å². The molecule has 0 amide bonds. The second-order valence-electron chi connectivity index (χ2n) is 5.64. The Kier molecular flexibility index (Phi) is 4.34. The van der Waals surface area contributed by atoms with E-state index in [2.05, 4.69) is 11.9 Å². The summed E-state index contributed by atoms with van der Waals surface area (Å²) in [6.45, 7) is 4.37. The fourth-order valence-electron chi connectivity index (χ4n) is 2.45. The third-order valence-electron chi connectivity index (χ3n) is 3.88. The number of aryl methyl sites for hydroxylation is 2. The van der Waals surface area contributed by atoms with Gasteiger partial charge in [-0.15, -0.1) is 11.3 Å². The Labute approximate surface area is 135 Å². The van der Waals surface area contributed by atoms with Crippen LogP contribution in [0.3, 0.4) is 0 Å². The summed E-state index contributed by atoms with van der Waals surface area (Å²) < 4.78 is 27.5. The molecule has 2 aromatic rings. The molecule has 1 aromatic carbocycles. The molecule has 3 rings (SSSR count). The summed E-state index contributed by atoms with van der Waals surface area (Å²) >= 11 is 1.56. The van der Waals surface area contributed by atoms with Gasteiger partial charge in [-0.2, -0.15) is 4.31 Å². The molecule has 1 aliphatic carbocycles. The van der Waals surface area contributed by atoms with E-state index in [1.807, 2.05) is 24.4 Å². The monoisotopic (exact) mass is 336 g/mol. The van der Waals surface area contributed by atoms with Crippen LogP contribution in [0.15, 0.2) is 34.5 Å². The van der Waals surface area contributed by atoms with Crippen molar-refractivity contribution >= 4 is 21.4 Å². The Balaban J connectivity index is 1.88. The van der Waals surface area contributed by atoms with Gasteiger partial charge in [0.15, 0.2) is 0 Å². The van der Waals surface area contributed by atoms with Crippen LogP contribution in [0.4, 0.5) is 0 Å². The topological polar surface area (TPSA) is 50.3 Å². The lowest BCUT2D eigenvalue weighted by Crippen LogP contribution is -2.32. The van der Waals surface area contributed by atoms with E-state index in [1.54, 1.807) is 27.8 Å². The number of sulfonamides is 1. The fraction of sp³-hybridized carbons (Fsp3) is 0.438. The van der Waals surface area contributed by atoms with Crippen LogP contribution in [-0.4, -0.2) is 23.7 Å². The summed E-state index contributed by atoms with van der Waals surface area (Å²) in [7, 11) is -3.45. The summed E-state index contributed by atoms with van der Waals surface area (Å²) in [5, 5.41) is 2.91. The van der Waals surface area contributed by atoms with Gasteiger partial charge in [0.25, 0.3) is 0 Å². The minimum Gasteiger partial charge on any atom is -0.245 e. The molecule has 6 heteroatoms. The molecule has 118 valence electrons. The SMILES string of the molecule is CCc1ccc(S(=O)(=O)N(Cc2csc(C)n2)C2CC2)cc1. The van der Waals surface area contributed by atoms with Gasteiger partial charge in [0, 0.05) is 11.4 Å². The molecule has 0 atom stereocenters. The lowest BCUT2D eigenvalue weighted by molar-refractivity contribution is 0.395. The van der Waals surface area contributed by atoms with E-state index < -0.39 is 10.0 Å². The molecule has 0 N–H and O–H groups in total. The molecular weight excluding hydrogens is 316 g/mol. The number of nitrogens with zero attached hydrogens (tertiary/aromatic N) is 2. The van der Waals surface area contributed by atoms with Crippen LogP contribution in [-0.2, 0) is 23.0 Å². The van der Waals surface area contributed by atoms with Crippen LogP contribution in [0.25, 0.3) is 0 Å². The van der Waals surface area contributed by atoms with Gasteiger partial charge >= 0.3 is 0 Å². The quantitative estimate of drug-likeness (QED) is 0.813. The van der Waals surface area contributed by atoms with E-state index in [0.29, 0.717) is 11.4 Å². The number of aromatic nitrogens is 1. The largest absolute Gasteiger partial charge is 0.245 e. The molecular formula is C16H20N2O2S2. The summed E-state index contributed by atoms with van der Waals surface area (Å²) in [6, 6.07) is 7.35. The Morgan fingerprint density at radius 1 is 1.27 bits per heavy atom. The molecule has 1 heterocycles. The van der Waals surface area contributed by atoms with Crippen molar-refractivity contribution in [3.8, 4) is 0 Å². The van der Waals surface area contributed by atoms with Crippen LogP contribution in [0.2, 0.25) is 0 Å². The van der Waals surface area contributed by atoms with Crippen molar-refractivity contribution in [2.45, 2.75) is 50.6 Å². The molecule has 1 aliphatic rings. The second kappa shape index (κ2) is 6.10. The first kappa shape index (κ1) is 15.6. The van der Waals surface area contributed by atoms with Crippen molar-refractivity contribution in [2.75, 3.05) is 0 Å². The number of hydrogen-bond donors (Lipinski definition) is 0. The molecule has 0 aliphatic heterocycles. The van der Waals surface area contributed by atoms with E-state index in [0.717, 1.165) is 35.5 Å².